The Morgan fingerprint density at radius 1 is 1.26 bits per heavy atom. The molecular formula is C21H25ClN4O. The molecule has 0 bridgehead atoms. The van der Waals surface area contributed by atoms with Crippen LogP contribution in [0.1, 0.15) is 54.9 Å². The molecule has 0 N–H and O–H groups in total. The van der Waals surface area contributed by atoms with Gasteiger partial charge in [-0.2, -0.15) is 0 Å². The van der Waals surface area contributed by atoms with Crippen molar-refractivity contribution in [2.24, 2.45) is 0 Å². The number of amides is 1. The molecule has 0 radical (unpaired) electrons. The molecule has 1 fully saturated rings. The lowest BCUT2D eigenvalue weighted by atomic mass is 10.0. The van der Waals surface area contributed by atoms with Gasteiger partial charge in [-0.05, 0) is 30.9 Å². The zero-order chi connectivity index (χ0) is 18.8. The first kappa shape index (κ1) is 18.4. The Labute approximate surface area is 165 Å². The number of aromatic nitrogens is 2. The van der Waals surface area contributed by atoms with Gasteiger partial charge < -0.3 is 4.90 Å². The fraction of sp³-hybridized carbons (Fsp3) is 0.476. The van der Waals surface area contributed by atoms with Gasteiger partial charge in [-0.3, -0.25) is 9.69 Å². The molecule has 27 heavy (non-hydrogen) atoms. The number of rotatable bonds is 3. The van der Waals surface area contributed by atoms with Crippen LogP contribution in [-0.4, -0.2) is 38.8 Å². The molecule has 1 unspecified atom stereocenters. The Bertz CT molecular complexity index is 841. The summed E-state index contributed by atoms with van der Waals surface area (Å²) in [7, 11) is 0. The van der Waals surface area contributed by atoms with E-state index in [0.29, 0.717) is 0 Å². The number of carbonyl (C=O) groups excluding carboxylic acids is 1. The molecule has 6 heteroatoms. The summed E-state index contributed by atoms with van der Waals surface area (Å²) in [5.41, 5.74) is 3.46. The molecule has 1 atom stereocenters. The largest absolute Gasteiger partial charge is 0.333 e. The van der Waals surface area contributed by atoms with Gasteiger partial charge in [0.1, 0.15) is 0 Å². The van der Waals surface area contributed by atoms with E-state index in [1.54, 1.807) is 6.92 Å². The van der Waals surface area contributed by atoms with E-state index in [9.17, 15) is 4.79 Å². The highest BCUT2D eigenvalue weighted by Gasteiger charge is 2.29. The van der Waals surface area contributed by atoms with Crippen LogP contribution in [0, 0.1) is 0 Å². The first-order chi connectivity index (χ1) is 13.1. The third-order valence-corrected chi connectivity index (χ3v) is 5.96. The van der Waals surface area contributed by atoms with Gasteiger partial charge in [-0.25, -0.2) is 9.97 Å². The van der Waals surface area contributed by atoms with Crippen molar-refractivity contribution in [3.8, 4) is 0 Å². The molecule has 2 aliphatic heterocycles. The molecule has 2 aliphatic rings. The number of hydrogen-bond acceptors (Lipinski definition) is 4. The van der Waals surface area contributed by atoms with Crippen molar-refractivity contribution < 1.29 is 4.79 Å². The van der Waals surface area contributed by atoms with Gasteiger partial charge >= 0.3 is 0 Å². The summed E-state index contributed by atoms with van der Waals surface area (Å²) in [6.07, 6.45) is 6.01. The second-order valence-corrected chi connectivity index (χ2v) is 7.88. The van der Waals surface area contributed by atoms with E-state index in [1.165, 1.54) is 5.56 Å². The molecule has 0 aliphatic carbocycles. The Kier molecular flexibility index (Phi) is 5.41. The van der Waals surface area contributed by atoms with Crippen LogP contribution >= 0.6 is 11.6 Å². The third-order valence-electron chi connectivity index (χ3n) is 5.59. The summed E-state index contributed by atoms with van der Waals surface area (Å²) < 4.78 is 0. The Morgan fingerprint density at radius 3 is 2.93 bits per heavy atom. The summed E-state index contributed by atoms with van der Waals surface area (Å²) >= 11 is 6.31. The van der Waals surface area contributed by atoms with Gasteiger partial charge in [-0.15, -0.1) is 0 Å². The number of halogens is 1. The standard InChI is InChI=1S/C21H25ClN4O/c1-15(27)26-10-5-4-8-20(26)21-23-12-17-14-25(11-9-19(17)24-21)13-16-6-2-3-7-18(16)22/h2-3,6-7,12,20H,4-5,8-11,13-14H2,1H3. The Balaban J connectivity index is 1.50. The van der Waals surface area contributed by atoms with Crippen molar-refractivity contribution in [2.45, 2.75) is 51.7 Å². The predicted octanol–water partition coefficient (Wildman–Crippen LogP) is 3.76. The fourth-order valence-corrected chi connectivity index (χ4v) is 4.33. The van der Waals surface area contributed by atoms with E-state index in [-0.39, 0.29) is 11.9 Å². The summed E-state index contributed by atoms with van der Waals surface area (Å²) in [4.78, 5) is 25.8. The number of carbonyl (C=O) groups is 1. The van der Waals surface area contributed by atoms with E-state index in [4.69, 9.17) is 16.6 Å². The van der Waals surface area contributed by atoms with E-state index in [0.717, 1.165) is 74.0 Å². The minimum Gasteiger partial charge on any atom is -0.333 e. The monoisotopic (exact) mass is 384 g/mol. The maximum absolute atomic E-state index is 12.0. The molecule has 1 amide bonds. The minimum absolute atomic E-state index is 0.0303. The smallest absolute Gasteiger partial charge is 0.220 e. The van der Waals surface area contributed by atoms with E-state index < -0.39 is 0 Å². The van der Waals surface area contributed by atoms with Gasteiger partial charge in [0.25, 0.3) is 0 Å². The molecule has 5 nitrogen and oxygen atoms in total. The number of hydrogen-bond donors (Lipinski definition) is 0. The van der Waals surface area contributed by atoms with Crippen molar-refractivity contribution in [2.75, 3.05) is 13.1 Å². The third kappa shape index (κ3) is 3.99. The number of piperidine rings is 1. The topological polar surface area (TPSA) is 49.3 Å². The predicted molar refractivity (Wildman–Crippen MR) is 105 cm³/mol. The molecule has 2 aromatic rings. The highest BCUT2D eigenvalue weighted by molar-refractivity contribution is 6.31. The maximum atomic E-state index is 12.0. The molecule has 0 spiro atoms. The second-order valence-electron chi connectivity index (χ2n) is 7.48. The van der Waals surface area contributed by atoms with Crippen molar-refractivity contribution in [1.29, 1.82) is 0 Å². The first-order valence-electron chi connectivity index (χ1n) is 9.69. The average Bonchev–Trinajstić information content (AvgIpc) is 2.69. The van der Waals surface area contributed by atoms with Crippen LogP contribution < -0.4 is 0 Å². The van der Waals surface area contributed by atoms with Crippen LogP contribution in [0.15, 0.2) is 30.5 Å². The molecule has 142 valence electrons. The number of nitrogens with zero attached hydrogens (tertiary/aromatic N) is 4. The summed E-state index contributed by atoms with van der Waals surface area (Å²) in [5, 5.41) is 0.816. The molecule has 1 saturated heterocycles. The fourth-order valence-electron chi connectivity index (χ4n) is 4.13. The van der Waals surface area contributed by atoms with Gasteiger partial charge in [0, 0.05) is 62.0 Å². The van der Waals surface area contributed by atoms with Crippen LogP contribution in [0.25, 0.3) is 0 Å². The lowest BCUT2D eigenvalue weighted by molar-refractivity contribution is -0.132. The van der Waals surface area contributed by atoms with Crippen LogP contribution in [0.2, 0.25) is 5.02 Å². The zero-order valence-electron chi connectivity index (χ0n) is 15.7. The highest BCUT2D eigenvalue weighted by Crippen LogP contribution is 2.30. The lowest BCUT2D eigenvalue weighted by Crippen LogP contribution is -2.38. The highest BCUT2D eigenvalue weighted by atomic mass is 35.5. The van der Waals surface area contributed by atoms with Gasteiger partial charge in [0.2, 0.25) is 5.91 Å². The van der Waals surface area contributed by atoms with E-state index in [2.05, 4.69) is 16.0 Å². The van der Waals surface area contributed by atoms with Gasteiger partial charge in [0.05, 0.1) is 6.04 Å². The molecule has 0 saturated carbocycles. The van der Waals surface area contributed by atoms with Gasteiger partial charge in [0.15, 0.2) is 5.82 Å². The number of likely N-dealkylation sites (tertiary alicyclic amines) is 1. The van der Waals surface area contributed by atoms with E-state index >= 15 is 0 Å². The molecular weight excluding hydrogens is 360 g/mol. The summed E-state index contributed by atoms with van der Waals surface area (Å²) in [6.45, 7) is 5.08. The van der Waals surface area contributed by atoms with Crippen LogP contribution in [-0.2, 0) is 24.3 Å². The van der Waals surface area contributed by atoms with Crippen LogP contribution in [0.5, 0.6) is 0 Å². The van der Waals surface area contributed by atoms with Crippen molar-refractivity contribution in [3.63, 3.8) is 0 Å². The zero-order valence-corrected chi connectivity index (χ0v) is 16.5. The van der Waals surface area contributed by atoms with E-state index in [1.807, 2.05) is 29.3 Å². The Morgan fingerprint density at radius 2 is 2.11 bits per heavy atom. The Hall–Kier alpha value is -1.98. The second kappa shape index (κ2) is 7.95. The number of benzene rings is 1. The van der Waals surface area contributed by atoms with Crippen molar-refractivity contribution >= 4 is 17.5 Å². The maximum Gasteiger partial charge on any atom is 0.220 e. The average molecular weight is 385 g/mol. The normalized spacial score (nSPS) is 20.4. The van der Waals surface area contributed by atoms with Crippen LogP contribution in [0.4, 0.5) is 0 Å². The first-order valence-corrected chi connectivity index (χ1v) is 10.1. The summed E-state index contributed by atoms with van der Waals surface area (Å²) in [5.74, 6) is 0.926. The summed E-state index contributed by atoms with van der Waals surface area (Å²) in [6, 6.07) is 8.04. The minimum atomic E-state index is 0.0303. The molecule has 3 heterocycles. The molecule has 4 rings (SSSR count). The van der Waals surface area contributed by atoms with Crippen molar-refractivity contribution in [3.05, 3.63) is 58.1 Å². The van der Waals surface area contributed by atoms with Crippen LogP contribution in [0.3, 0.4) is 0 Å². The molecule has 1 aromatic carbocycles. The molecule has 1 aromatic heterocycles. The van der Waals surface area contributed by atoms with Crippen molar-refractivity contribution in [1.82, 2.24) is 19.8 Å². The quantitative estimate of drug-likeness (QED) is 0.808. The lowest BCUT2D eigenvalue weighted by Gasteiger charge is -2.35. The number of fused-ring (bicyclic) bond motifs is 1. The van der Waals surface area contributed by atoms with Gasteiger partial charge in [-0.1, -0.05) is 29.8 Å². The SMILES string of the molecule is CC(=O)N1CCCCC1c1ncc2c(n1)CCN(Cc1ccccc1Cl)C2.